The van der Waals surface area contributed by atoms with Crippen LogP contribution < -0.4 is 4.74 Å². The molecule has 0 aliphatic rings. The molecule has 0 saturated carbocycles. The van der Waals surface area contributed by atoms with Gasteiger partial charge in [-0.25, -0.2) is 8.78 Å². The van der Waals surface area contributed by atoms with E-state index in [4.69, 9.17) is 9.47 Å². The highest BCUT2D eigenvalue weighted by molar-refractivity contribution is 5.69. The molecule has 2 unspecified atom stereocenters. The van der Waals surface area contributed by atoms with Gasteiger partial charge in [-0.3, -0.25) is 4.79 Å². The Morgan fingerprint density at radius 2 is 1.76 bits per heavy atom. The van der Waals surface area contributed by atoms with Gasteiger partial charge >= 0.3 is 5.97 Å². The molecular weight excluding hydrogens is 326 g/mol. The second kappa shape index (κ2) is 10.4. The Labute approximate surface area is 149 Å². The van der Waals surface area contributed by atoms with Crippen LogP contribution in [0.3, 0.4) is 0 Å². The number of benzene rings is 1. The number of esters is 1. The number of rotatable bonds is 10. The van der Waals surface area contributed by atoms with E-state index in [1.165, 1.54) is 0 Å². The Kier molecular flexibility index (Phi) is 8.87. The van der Waals surface area contributed by atoms with E-state index in [1.54, 1.807) is 6.92 Å². The van der Waals surface area contributed by atoms with Crippen LogP contribution in [0.4, 0.5) is 8.78 Å². The third kappa shape index (κ3) is 7.00. The molecule has 0 N–H and O–H groups in total. The minimum absolute atomic E-state index is 0.0653. The summed E-state index contributed by atoms with van der Waals surface area (Å²) in [5.74, 6) is -1.16. The average molecular weight is 356 g/mol. The summed E-state index contributed by atoms with van der Waals surface area (Å²) in [5, 5.41) is 0. The predicted octanol–water partition coefficient (Wildman–Crippen LogP) is 5.52. The number of hydrogen-bond donors (Lipinski definition) is 0. The molecule has 0 saturated heterocycles. The number of ether oxygens (including phenoxy) is 2. The van der Waals surface area contributed by atoms with E-state index in [1.807, 2.05) is 27.7 Å². The maximum Gasteiger partial charge on any atom is 0.306 e. The Morgan fingerprint density at radius 3 is 2.32 bits per heavy atom. The molecular formula is C20H30F2O3. The normalized spacial score (nSPS) is 13.8. The lowest BCUT2D eigenvalue weighted by Crippen LogP contribution is -2.39. The van der Waals surface area contributed by atoms with Crippen molar-refractivity contribution in [3.05, 3.63) is 29.8 Å². The summed E-state index contributed by atoms with van der Waals surface area (Å²) in [6.07, 6.45) is 1.58. The minimum Gasteiger partial charge on any atom is -0.483 e. The van der Waals surface area contributed by atoms with Gasteiger partial charge in [-0.1, -0.05) is 27.7 Å². The second-order valence-corrected chi connectivity index (χ2v) is 6.86. The highest BCUT2D eigenvalue weighted by Crippen LogP contribution is 2.27. The molecule has 0 spiro atoms. The van der Waals surface area contributed by atoms with Crippen LogP contribution in [0.15, 0.2) is 18.2 Å². The van der Waals surface area contributed by atoms with Crippen LogP contribution in [0.2, 0.25) is 0 Å². The molecule has 1 aromatic carbocycles. The Bertz CT molecular complexity index is 542. The fourth-order valence-electron chi connectivity index (χ4n) is 2.78. The van der Waals surface area contributed by atoms with Crippen molar-refractivity contribution in [1.29, 1.82) is 0 Å². The monoisotopic (exact) mass is 356 g/mol. The van der Waals surface area contributed by atoms with Gasteiger partial charge in [0.1, 0.15) is 18.0 Å². The van der Waals surface area contributed by atoms with E-state index < -0.39 is 23.8 Å². The van der Waals surface area contributed by atoms with Gasteiger partial charge in [-0.15, -0.1) is 0 Å². The summed E-state index contributed by atoms with van der Waals surface area (Å²) in [5.41, 5.74) is 0. The van der Waals surface area contributed by atoms with Gasteiger partial charge in [-0.05, 0) is 50.2 Å². The lowest BCUT2D eigenvalue weighted by Gasteiger charge is -2.31. The van der Waals surface area contributed by atoms with Crippen molar-refractivity contribution in [2.75, 3.05) is 0 Å². The average Bonchev–Trinajstić information content (AvgIpc) is 2.56. The molecule has 142 valence electrons. The van der Waals surface area contributed by atoms with Crippen molar-refractivity contribution in [3.8, 4) is 5.75 Å². The first kappa shape index (κ1) is 21.4. The van der Waals surface area contributed by atoms with Crippen LogP contribution in [-0.4, -0.2) is 18.2 Å². The van der Waals surface area contributed by atoms with Crippen molar-refractivity contribution in [2.24, 2.45) is 11.8 Å². The van der Waals surface area contributed by atoms with Gasteiger partial charge in [0.25, 0.3) is 0 Å². The smallest absolute Gasteiger partial charge is 0.306 e. The van der Waals surface area contributed by atoms with E-state index >= 15 is 0 Å². The van der Waals surface area contributed by atoms with E-state index in [9.17, 15) is 13.6 Å². The Balaban J connectivity index is 2.88. The molecule has 0 fully saturated rings. The van der Waals surface area contributed by atoms with Crippen LogP contribution in [0.25, 0.3) is 0 Å². The summed E-state index contributed by atoms with van der Waals surface area (Å²) < 4.78 is 38.6. The topological polar surface area (TPSA) is 35.5 Å². The summed E-state index contributed by atoms with van der Waals surface area (Å²) in [4.78, 5) is 12.0. The molecule has 0 aromatic heterocycles. The fraction of sp³-hybridized carbons (Fsp3) is 0.650. The zero-order valence-corrected chi connectivity index (χ0v) is 15.9. The van der Waals surface area contributed by atoms with Gasteiger partial charge in [0, 0.05) is 12.5 Å². The van der Waals surface area contributed by atoms with Gasteiger partial charge in [0.2, 0.25) is 0 Å². The molecule has 1 aromatic rings. The van der Waals surface area contributed by atoms with E-state index in [2.05, 4.69) is 0 Å². The van der Waals surface area contributed by atoms with Crippen LogP contribution >= 0.6 is 0 Å². The van der Waals surface area contributed by atoms with Crippen LogP contribution in [0.1, 0.15) is 60.3 Å². The van der Waals surface area contributed by atoms with Crippen LogP contribution in [0.5, 0.6) is 5.75 Å². The molecule has 1 rings (SSSR count). The number of hydrogen-bond acceptors (Lipinski definition) is 3. The molecule has 0 aliphatic heterocycles. The van der Waals surface area contributed by atoms with Crippen molar-refractivity contribution in [3.63, 3.8) is 0 Å². The van der Waals surface area contributed by atoms with Crippen molar-refractivity contribution in [2.45, 2.75) is 72.5 Å². The molecule has 0 heterocycles. The quantitative estimate of drug-likeness (QED) is 0.518. The summed E-state index contributed by atoms with van der Waals surface area (Å²) in [6, 6.07) is 3.11. The lowest BCUT2D eigenvalue weighted by molar-refractivity contribution is -0.155. The molecule has 0 amide bonds. The van der Waals surface area contributed by atoms with E-state index in [-0.39, 0.29) is 17.6 Å². The first-order chi connectivity index (χ1) is 11.8. The standard InChI is InChI=1S/C20H30F2O3/c1-6-15(7-2)20(14(5)24-19(23)11-8-13(3)4)25-18-12-16(21)9-10-17(18)22/h9-10,12-15,20H,6-8,11H2,1-5H3. The van der Waals surface area contributed by atoms with Gasteiger partial charge in [0.15, 0.2) is 11.6 Å². The summed E-state index contributed by atoms with van der Waals surface area (Å²) in [6.45, 7) is 9.83. The minimum atomic E-state index is -0.629. The fourth-order valence-corrected chi connectivity index (χ4v) is 2.78. The zero-order chi connectivity index (χ0) is 19.0. The first-order valence-electron chi connectivity index (χ1n) is 9.09. The van der Waals surface area contributed by atoms with Gasteiger partial charge < -0.3 is 9.47 Å². The molecule has 5 heteroatoms. The predicted molar refractivity (Wildman–Crippen MR) is 94.5 cm³/mol. The molecule has 2 atom stereocenters. The van der Waals surface area contributed by atoms with Crippen LogP contribution in [0, 0.1) is 23.5 Å². The number of halogens is 2. The Hall–Kier alpha value is -1.65. The summed E-state index contributed by atoms with van der Waals surface area (Å²) in [7, 11) is 0. The highest BCUT2D eigenvalue weighted by Gasteiger charge is 2.30. The first-order valence-corrected chi connectivity index (χ1v) is 9.09. The van der Waals surface area contributed by atoms with Crippen molar-refractivity contribution >= 4 is 5.97 Å². The van der Waals surface area contributed by atoms with E-state index in [0.29, 0.717) is 12.3 Å². The van der Waals surface area contributed by atoms with E-state index in [0.717, 1.165) is 37.5 Å². The second-order valence-electron chi connectivity index (χ2n) is 6.86. The van der Waals surface area contributed by atoms with Gasteiger partial charge in [-0.2, -0.15) is 0 Å². The lowest BCUT2D eigenvalue weighted by atomic mass is 9.93. The summed E-state index contributed by atoms with van der Waals surface area (Å²) >= 11 is 0. The SMILES string of the molecule is CCC(CC)C(Oc1cc(F)ccc1F)C(C)OC(=O)CCC(C)C. The number of carbonyl (C=O) groups excluding carboxylic acids is 1. The third-order valence-corrected chi connectivity index (χ3v) is 4.38. The molecule has 0 aliphatic carbocycles. The van der Waals surface area contributed by atoms with Crippen LogP contribution in [-0.2, 0) is 9.53 Å². The third-order valence-electron chi connectivity index (χ3n) is 4.38. The maximum absolute atomic E-state index is 13.9. The maximum atomic E-state index is 13.9. The molecule has 0 bridgehead atoms. The van der Waals surface area contributed by atoms with Gasteiger partial charge in [0.05, 0.1) is 0 Å². The van der Waals surface area contributed by atoms with Crippen molar-refractivity contribution < 1.29 is 23.0 Å². The zero-order valence-electron chi connectivity index (χ0n) is 15.9. The Morgan fingerprint density at radius 1 is 1.12 bits per heavy atom. The largest absolute Gasteiger partial charge is 0.483 e. The number of carbonyl (C=O) groups is 1. The highest BCUT2D eigenvalue weighted by atomic mass is 19.1. The molecule has 25 heavy (non-hydrogen) atoms. The van der Waals surface area contributed by atoms with Crippen molar-refractivity contribution in [1.82, 2.24) is 0 Å². The molecule has 0 radical (unpaired) electrons. The molecule has 3 nitrogen and oxygen atoms in total.